The summed E-state index contributed by atoms with van der Waals surface area (Å²) >= 11 is 0. The molecule has 1 aliphatic carbocycles. The highest BCUT2D eigenvalue weighted by Gasteiger charge is 2.37. The number of amides is 2. The molecule has 5 rings (SSSR count). The molecule has 2 fully saturated rings. The lowest BCUT2D eigenvalue weighted by Gasteiger charge is -2.44. The van der Waals surface area contributed by atoms with Gasteiger partial charge in [0.05, 0.1) is 0 Å². The third-order valence-electron chi connectivity index (χ3n) is 7.44. The molecule has 2 amide bonds. The summed E-state index contributed by atoms with van der Waals surface area (Å²) in [6, 6.07) is 8.86. The Labute approximate surface area is 195 Å². The molecular weight excluding hydrogens is 416 g/mol. The number of hydrogen-bond acceptors (Lipinski definition) is 5. The van der Waals surface area contributed by atoms with Crippen molar-refractivity contribution < 1.29 is 9.59 Å². The van der Waals surface area contributed by atoms with Crippen LogP contribution in [0.25, 0.3) is 0 Å². The number of benzene rings is 1. The van der Waals surface area contributed by atoms with Crippen molar-refractivity contribution in [3.63, 3.8) is 0 Å². The predicted octanol–water partition coefficient (Wildman–Crippen LogP) is 2.70. The van der Waals surface area contributed by atoms with Gasteiger partial charge < -0.3 is 9.80 Å². The molecule has 33 heavy (non-hydrogen) atoms. The molecule has 1 aromatic heterocycles. The van der Waals surface area contributed by atoms with Gasteiger partial charge in [-0.15, -0.1) is 0 Å². The Kier molecular flexibility index (Phi) is 6.44. The van der Waals surface area contributed by atoms with Crippen molar-refractivity contribution in [2.45, 2.75) is 70.6 Å². The zero-order chi connectivity index (χ0) is 22.8. The van der Waals surface area contributed by atoms with Gasteiger partial charge in [0.25, 0.3) is 0 Å². The van der Waals surface area contributed by atoms with Crippen LogP contribution < -0.4 is 4.90 Å². The molecule has 1 saturated heterocycles. The molecule has 0 spiro atoms. The maximum atomic E-state index is 13.5. The van der Waals surface area contributed by atoms with Crippen LogP contribution in [0.4, 0.5) is 5.69 Å². The average Bonchev–Trinajstić information content (AvgIpc) is 3.48. The Balaban J connectivity index is 1.50. The largest absolute Gasteiger partial charge is 0.335 e. The molecule has 8 nitrogen and oxygen atoms in total. The summed E-state index contributed by atoms with van der Waals surface area (Å²) in [5.41, 5.74) is 1.94. The fraction of sp³-hybridized carbons (Fsp3) is 0.600. The number of hydrogen-bond donors (Lipinski definition) is 0. The maximum absolute atomic E-state index is 13.5. The summed E-state index contributed by atoms with van der Waals surface area (Å²) in [7, 11) is 0. The van der Waals surface area contributed by atoms with Crippen LogP contribution in [-0.4, -0.2) is 68.1 Å². The van der Waals surface area contributed by atoms with Gasteiger partial charge in [0.1, 0.15) is 19.2 Å². The Morgan fingerprint density at radius 2 is 1.88 bits per heavy atom. The van der Waals surface area contributed by atoms with Gasteiger partial charge in [-0.05, 0) is 49.7 Å². The lowest BCUT2D eigenvalue weighted by atomic mass is 9.92. The molecule has 8 heteroatoms. The second-order valence-corrected chi connectivity index (χ2v) is 9.83. The fourth-order valence-electron chi connectivity index (χ4n) is 5.52. The minimum absolute atomic E-state index is 0.0393. The molecule has 2 atom stereocenters. The van der Waals surface area contributed by atoms with Crippen molar-refractivity contribution in [2.75, 3.05) is 24.5 Å². The van der Waals surface area contributed by atoms with E-state index >= 15 is 0 Å². The first-order valence-electron chi connectivity index (χ1n) is 12.3. The van der Waals surface area contributed by atoms with Crippen LogP contribution in [0, 0.1) is 5.92 Å². The van der Waals surface area contributed by atoms with E-state index in [-0.39, 0.29) is 18.4 Å². The van der Waals surface area contributed by atoms with Gasteiger partial charge >= 0.3 is 0 Å². The van der Waals surface area contributed by atoms with Crippen molar-refractivity contribution >= 4 is 17.5 Å². The molecule has 0 radical (unpaired) electrons. The third kappa shape index (κ3) is 5.11. The summed E-state index contributed by atoms with van der Waals surface area (Å²) in [5, 5.41) is 4.14. The first-order valence-corrected chi connectivity index (χ1v) is 12.3. The molecule has 1 saturated carbocycles. The van der Waals surface area contributed by atoms with E-state index in [0.717, 1.165) is 43.1 Å². The number of para-hydroxylation sites is 1. The second-order valence-electron chi connectivity index (χ2n) is 9.83. The van der Waals surface area contributed by atoms with Gasteiger partial charge in [-0.1, -0.05) is 24.6 Å². The molecular formula is C25H34N6O2. The number of carbonyl (C=O) groups is 2. The van der Waals surface area contributed by atoms with E-state index in [4.69, 9.17) is 0 Å². The van der Waals surface area contributed by atoms with Crippen molar-refractivity contribution in [3.8, 4) is 0 Å². The summed E-state index contributed by atoms with van der Waals surface area (Å²) < 4.78 is 1.59. The summed E-state index contributed by atoms with van der Waals surface area (Å²) in [6.07, 6.45) is 10.1. The maximum Gasteiger partial charge on any atom is 0.244 e. The lowest BCUT2D eigenvalue weighted by Crippen LogP contribution is -2.53. The van der Waals surface area contributed by atoms with Crippen LogP contribution in [0.1, 0.15) is 51.0 Å². The zero-order valence-corrected chi connectivity index (χ0v) is 19.5. The molecule has 2 aliphatic heterocycles. The highest BCUT2D eigenvalue weighted by molar-refractivity contribution is 5.92. The average molecular weight is 451 g/mol. The number of aromatic nitrogens is 3. The smallest absolute Gasteiger partial charge is 0.244 e. The molecule has 2 aromatic rings. The van der Waals surface area contributed by atoms with Crippen LogP contribution >= 0.6 is 0 Å². The number of carbonyl (C=O) groups excluding carboxylic acids is 2. The molecule has 3 aliphatic rings. The Morgan fingerprint density at radius 1 is 1.06 bits per heavy atom. The monoisotopic (exact) mass is 450 g/mol. The van der Waals surface area contributed by atoms with Gasteiger partial charge in [0.2, 0.25) is 11.8 Å². The zero-order valence-electron chi connectivity index (χ0n) is 19.5. The molecule has 1 aromatic carbocycles. The van der Waals surface area contributed by atoms with Gasteiger partial charge in [-0.3, -0.25) is 14.5 Å². The standard InChI is InChI=1S/C25H34N6O2/c1-19(32)30-12-11-22-6-4-7-23(31(22)13-20-9-10-20)15-28(14-21-5-2-3-8-24(21)30)25(33)16-29-18-26-17-27-29/h2-3,5,8,17-18,20,22-23H,4,6-7,9-16H2,1H3. The number of anilines is 1. The molecule has 176 valence electrons. The van der Waals surface area contributed by atoms with Crippen molar-refractivity contribution in [1.29, 1.82) is 0 Å². The summed E-state index contributed by atoms with van der Waals surface area (Å²) in [4.78, 5) is 36.7. The second kappa shape index (κ2) is 9.63. The normalized spacial score (nSPS) is 24.2. The minimum Gasteiger partial charge on any atom is -0.335 e. The van der Waals surface area contributed by atoms with Crippen LogP contribution in [0.15, 0.2) is 36.9 Å². The third-order valence-corrected chi connectivity index (χ3v) is 7.44. The number of piperidine rings is 1. The number of rotatable bonds is 4. The highest BCUT2D eigenvalue weighted by Crippen LogP contribution is 2.36. The van der Waals surface area contributed by atoms with Gasteiger partial charge in [0.15, 0.2) is 0 Å². The van der Waals surface area contributed by atoms with Crippen molar-refractivity contribution in [2.24, 2.45) is 5.92 Å². The Bertz CT molecular complexity index is 973. The van der Waals surface area contributed by atoms with Gasteiger partial charge in [-0.2, -0.15) is 5.10 Å². The van der Waals surface area contributed by atoms with Crippen LogP contribution in [0.2, 0.25) is 0 Å². The fourth-order valence-corrected chi connectivity index (χ4v) is 5.52. The van der Waals surface area contributed by atoms with E-state index < -0.39 is 0 Å². The number of nitrogens with zero attached hydrogens (tertiary/aromatic N) is 6. The van der Waals surface area contributed by atoms with E-state index in [1.165, 1.54) is 32.0 Å². The summed E-state index contributed by atoms with van der Waals surface area (Å²) in [6.45, 7) is 4.87. The molecule has 3 heterocycles. The van der Waals surface area contributed by atoms with E-state index in [9.17, 15) is 9.59 Å². The van der Waals surface area contributed by atoms with Crippen LogP contribution in [0.5, 0.6) is 0 Å². The Morgan fingerprint density at radius 3 is 2.64 bits per heavy atom. The van der Waals surface area contributed by atoms with Crippen LogP contribution in [-0.2, 0) is 22.7 Å². The topological polar surface area (TPSA) is 74.6 Å². The van der Waals surface area contributed by atoms with Crippen molar-refractivity contribution in [1.82, 2.24) is 24.6 Å². The molecule has 2 unspecified atom stereocenters. The SMILES string of the molecule is CC(=O)N1CCC2CCCC(CN(C(=O)Cn3cncn3)Cc3ccccc31)N2CC1CC1. The lowest BCUT2D eigenvalue weighted by molar-refractivity contribution is -0.134. The van der Waals surface area contributed by atoms with E-state index in [1.54, 1.807) is 17.9 Å². The van der Waals surface area contributed by atoms with E-state index in [2.05, 4.69) is 15.0 Å². The number of fused-ring (bicyclic) bond motifs is 3. The predicted molar refractivity (Wildman–Crippen MR) is 125 cm³/mol. The first kappa shape index (κ1) is 22.1. The highest BCUT2D eigenvalue weighted by atomic mass is 16.2. The van der Waals surface area contributed by atoms with Crippen LogP contribution in [0.3, 0.4) is 0 Å². The summed E-state index contributed by atoms with van der Waals surface area (Å²) in [5.74, 6) is 0.888. The van der Waals surface area contributed by atoms with Gasteiger partial charge in [0, 0.05) is 50.9 Å². The van der Waals surface area contributed by atoms with E-state index in [0.29, 0.717) is 25.2 Å². The Hall–Kier alpha value is -2.74. The molecule has 0 N–H and O–H groups in total. The minimum atomic E-state index is 0.0393. The first-order chi connectivity index (χ1) is 16.1. The molecule has 2 bridgehead atoms. The quantitative estimate of drug-likeness (QED) is 0.716. The van der Waals surface area contributed by atoms with E-state index in [1.807, 2.05) is 34.1 Å². The van der Waals surface area contributed by atoms with Gasteiger partial charge in [-0.25, -0.2) is 9.67 Å². The van der Waals surface area contributed by atoms with Crippen molar-refractivity contribution in [3.05, 3.63) is 42.5 Å².